The molecule has 3 aromatic rings. The second kappa shape index (κ2) is 8.11. The van der Waals surface area contributed by atoms with Crippen molar-refractivity contribution in [3.8, 4) is 0 Å². The minimum atomic E-state index is 0.0229. The van der Waals surface area contributed by atoms with Gasteiger partial charge in [0.15, 0.2) is 0 Å². The average molecular weight is 434 g/mol. The van der Waals surface area contributed by atoms with E-state index in [1.165, 1.54) is 16.8 Å². The van der Waals surface area contributed by atoms with E-state index >= 15 is 0 Å². The molecule has 0 aliphatic carbocycles. The predicted octanol–water partition coefficient (Wildman–Crippen LogP) is 4.02. The van der Waals surface area contributed by atoms with Crippen LogP contribution in [0, 0.1) is 27.7 Å². The zero-order valence-electron chi connectivity index (χ0n) is 19.4. The summed E-state index contributed by atoms with van der Waals surface area (Å²) in [5, 5.41) is 0.775. The Morgan fingerprint density at radius 2 is 1.62 bits per heavy atom. The Balaban J connectivity index is 1.43. The van der Waals surface area contributed by atoms with Gasteiger partial charge < -0.3 is 19.1 Å². The number of anilines is 2. The van der Waals surface area contributed by atoms with Gasteiger partial charge in [-0.05, 0) is 57.7 Å². The normalized spacial score (nSPS) is 16.9. The van der Waals surface area contributed by atoms with Crippen molar-refractivity contribution in [2.24, 2.45) is 0 Å². The number of hydrogen-bond donors (Lipinski definition) is 0. The van der Waals surface area contributed by atoms with Crippen molar-refractivity contribution in [2.75, 3.05) is 49.1 Å². The Kier molecular flexibility index (Phi) is 5.27. The lowest BCUT2D eigenvalue weighted by molar-refractivity contribution is 0.0746. The number of benzene rings is 1. The van der Waals surface area contributed by atoms with Gasteiger partial charge in [-0.25, -0.2) is 4.98 Å². The standard InChI is InChI=1S/C25H31N5O2/c1-16-8-7-9-20(17(16)2)28-12-14-30(15-13-28)25(31)21-18(3)32-24-22(21)23(26-19(4)27-24)29-10-5-6-11-29/h7-9H,5-6,10-15H2,1-4H3. The SMILES string of the molecule is Cc1nc(N2CCCC2)c2c(C(=O)N3CCN(c4cccc(C)c4C)CC3)c(C)oc2n1. The Hall–Kier alpha value is -3.09. The number of aryl methyl sites for hydroxylation is 3. The molecule has 0 spiro atoms. The quantitative estimate of drug-likeness (QED) is 0.622. The van der Waals surface area contributed by atoms with Gasteiger partial charge in [0.05, 0.1) is 10.9 Å². The van der Waals surface area contributed by atoms with Crippen LogP contribution in [0.15, 0.2) is 22.6 Å². The lowest BCUT2D eigenvalue weighted by atomic mass is 10.1. The summed E-state index contributed by atoms with van der Waals surface area (Å²) >= 11 is 0. The molecule has 7 nitrogen and oxygen atoms in total. The highest BCUT2D eigenvalue weighted by Crippen LogP contribution is 2.34. The van der Waals surface area contributed by atoms with Gasteiger partial charge >= 0.3 is 0 Å². The minimum absolute atomic E-state index is 0.0229. The van der Waals surface area contributed by atoms with E-state index in [4.69, 9.17) is 9.40 Å². The third-order valence-corrected chi connectivity index (χ3v) is 6.92. The number of hydrogen-bond acceptors (Lipinski definition) is 6. The van der Waals surface area contributed by atoms with Crippen LogP contribution in [-0.2, 0) is 0 Å². The first-order valence-electron chi connectivity index (χ1n) is 11.6. The van der Waals surface area contributed by atoms with Gasteiger partial charge in [-0.2, -0.15) is 4.98 Å². The van der Waals surface area contributed by atoms with Crippen molar-refractivity contribution >= 4 is 28.5 Å². The molecule has 0 atom stereocenters. The molecule has 2 aromatic heterocycles. The van der Waals surface area contributed by atoms with Crippen molar-refractivity contribution < 1.29 is 9.21 Å². The van der Waals surface area contributed by atoms with E-state index in [9.17, 15) is 4.79 Å². The molecule has 0 saturated carbocycles. The summed E-state index contributed by atoms with van der Waals surface area (Å²) in [5.74, 6) is 2.17. The summed E-state index contributed by atoms with van der Waals surface area (Å²) < 4.78 is 5.98. The van der Waals surface area contributed by atoms with Crippen molar-refractivity contribution in [3.63, 3.8) is 0 Å². The highest BCUT2D eigenvalue weighted by atomic mass is 16.3. The van der Waals surface area contributed by atoms with E-state index in [1.807, 2.05) is 18.7 Å². The first-order chi connectivity index (χ1) is 15.4. The monoisotopic (exact) mass is 433 g/mol. The van der Waals surface area contributed by atoms with Gasteiger partial charge in [-0.3, -0.25) is 4.79 Å². The van der Waals surface area contributed by atoms with Gasteiger partial charge in [0, 0.05) is 45.0 Å². The molecule has 4 heterocycles. The average Bonchev–Trinajstić information content (AvgIpc) is 3.42. The number of rotatable bonds is 3. The Morgan fingerprint density at radius 3 is 2.34 bits per heavy atom. The maximum absolute atomic E-state index is 13.7. The second-order valence-corrected chi connectivity index (χ2v) is 9.00. The van der Waals surface area contributed by atoms with Crippen LogP contribution in [0.2, 0.25) is 0 Å². The van der Waals surface area contributed by atoms with Crippen molar-refractivity contribution in [1.82, 2.24) is 14.9 Å². The number of furan rings is 1. The lowest BCUT2D eigenvalue weighted by Gasteiger charge is -2.37. The number of carbonyl (C=O) groups excluding carboxylic acids is 1. The van der Waals surface area contributed by atoms with E-state index in [1.54, 1.807) is 0 Å². The van der Waals surface area contributed by atoms with Crippen LogP contribution in [0.1, 0.15) is 45.9 Å². The largest absolute Gasteiger partial charge is 0.442 e. The van der Waals surface area contributed by atoms with Crippen LogP contribution in [0.25, 0.3) is 11.1 Å². The molecular formula is C25H31N5O2. The molecule has 2 aliphatic rings. The van der Waals surface area contributed by atoms with Crippen molar-refractivity contribution in [2.45, 2.75) is 40.5 Å². The topological polar surface area (TPSA) is 65.7 Å². The van der Waals surface area contributed by atoms with E-state index < -0.39 is 0 Å². The molecule has 168 valence electrons. The molecule has 5 rings (SSSR count). The van der Waals surface area contributed by atoms with Gasteiger partial charge in [0.1, 0.15) is 17.4 Å². The maximum atomic E-state index is 13.7. The zero-order chi connectivity index (χ0) is 22.4. The third-order valence-electron chi connectivity index (χ3n) is 6.92. The number of piperazine rings is 1. The molecule has 0 bridgehead atoms. The van der Waals surface area contributed by atoms with Crippen molar-refractivity contribution in [3.05, 3.63) is 46.5 Å². The first-order valence-corrected chi connectivity index (χ1v) is 11.6. The van der Waals surface area contributed by atoms with Crippen LogP contribution < -0.4 is 9.80 Å². The number of fused-ring (bicyclic) bond motifs is 1. The van der Waals surface area contributed by atoms with Crippen molar-refractivity contribution in [1.29, 1.82) is 0 Å². The smallest absolute Gasteiger partial charge is 0.258 e. The van der Waals surface area contributed by atoms with Crippen LogP contribution >= 0.6 is 0 Å². The highest BCUT2D eigenvalue weighted by molar-refractivity contribution is 6.10. The van der Waals surface area contributed by atoms with E-state index in [0.29, 0.717) is 36.0 Å². The van der Waals surface area contributed by atoms with Gasteiger partial charge in [-0.1, -0.05) is 12.1 Å². The Morgan fingerprint density at radius 1 is 0.906 bits per heavy atom. The molecule has 0 unspecified atom stereocenters. The first kappa shape index (κ1) is 20.8. The fourth-order valence-corrected chi connectivity index (χ4v) is 5.00. The van der Waals surface area contributed by atoms with E-state index in [2.05, 4.69) is 46.8 Å². The molecule has 1 aromatic carbocycles. The summed E-state index contributed by atoms with van der Waals surface area (Å²) in [7, 11) is 0. The number of amides is 1. The van der Waals surface area contributed by atoms with Crippen LogP contribution in [-0.4, -0.2) is 60.0 Å². The highest BCUT2D eigenvalue weighted by Gasteiger charge is 2.31. The van der Waals surface area contributed by atoms with Crippen LogP contribution in [0.3, 0.4) is 0 Å². The molecular weight excluding hydrogens is 402 g/mol. The molecule has 1 amide bonds. The Labute approximate surface area is 189 Å². The molecule has 7 heteroatoms. The molecule has 0 N–H and O–H groups in total. The molecule has 32 heavy (non-hydrogen) atoms. The molecule has 2 saturated heterocycles. The fraction of sp³-hybridized carbons (Fsp3) is 0.480. The minimum Gasteiger partial charge on any atom is -0.442 e. The predicted molar refractivity (Wildman–Crippen MR) is 127 cm³/mol. The fourth-order valence-electron chi connectivity index (χ4n) is 5.00. The van der Waals surface area contributed by atoms with Gasteiger partial charge in [-0.15, -0.1) is 0 Å². The zero-order valence-corrected chi connectivity index (χ0v) is 19.4. The maximum Gasteiger partial charge on any atom is 0.258 e. The third kappa shape index (κ3) is 3.49. The molecule has 2 fully saturated rings. The number of aromatic nitrogens is 2. The van der Waals surface area contributed by atoms with Crippen LogP contribution in [0.4, 0.5) is 11.5 Å². The summed E-state index contributed by atoms with van der Waals surface area (Å²) in [6.45, 7) is 13.0. The van der Waals surface area contributed by atoms with E-state index in [-0.39, 0.29) is 5.91 Å². The summed E-state index contributed by atoms with van der Waals surface area (Å²) in [4.78, 5) is 29.5. The van der Waals surface area contributed by atoms with Gasteiger partial charge in [0.2, 0.25) is 5.71 Å². The number of nitrogens with zero attached hydrogens (tertiary/aromatic N) is 5. The molecule has 0 radical (unpaired) electrons. The summed E-state index contributed by atoms with van der Waals surface area (Å²) in [6.07, 6.45) is 2.29. The second-order valence-electron chi connectivity index (χ2n) is 9.00. The Bertz CT molecular complexity index is 1170. The lowest BCUT2D eigenvalue weighted by Crippen LogP contribution is -2.49. The van der Waals surface area contributed by atoms with E-state index in [0.717, 1.165) is 50.2 Å². The number of carbonyl (C=O) groups is 1. The van der Waals surface area contributed by atoms with Crippen LogP contribution in [0.5, 0.6) is 0 Å². The van der Waals surface area contributed by atoms with Gasteiger partial charge in [0.25, 0.3) is 5.91 Å². The summed E-state index contributed by atoms with van der Waals surface area (Å²) in [5.41, 5.74) is 5.02. The summed E-state index contributed by atoms with van der Waals surface area (Å²) in [6, 6.07) is 6.43. The molecule has 2 aliphatic heterocycles.